The molecule has 0 saturated carbocycles. The van der Waals surface area contributed by atoms with Crippen LogP contribution in [0.4, 0.5) is 0 Å². The molecule has 5 nitrogen and oxygen atoms in total. The quantitative estimate of drug-likeness (QED) is 0.606. The van der Waals surface area contributed by atoms with E-state index in [0.29, 0.717) is 26.1 Å². The van der Waals surface area contributed by atoms with E-state index in [-0.39, 0.29) is 12.5 Å². The van der Waals surface area contributed by atoms with Gasteiger partial charge in [-0.05, 0) is 30.5 Å². The lowest BCUT2D eigenvalue weighted by Gasteiger charge is -2.19. The number of carbonyl (C=O) groups is 2. The van der Waals surface area contributed by atoms with Gasteiger partial charge in [0, 0.05) is 19.1 Å². The zero-order chi connectivity index (χ0) is 14.4. The van der Waals surface area contributed by atoms with Crippen LogP contribution >= 0.6 is 0 Å². The van der Waals surface area contributed by atoms with Crippen molar-refractivity contribution >= 4 is 11.8 Å². The number of methoxy groups -OCH3 is 1. The van der Waals surface area contributed by atoms with Crippen molar-refractivity contribution in [3.63, 3.8) is 0 Å². The molecule has 20 heavy (non-hydrogen) atoms. The summed E-state index contributed by atoms with van der Waals surface area (Å²) >= 11 is 0. The molecule has 1 aromatic rings. The highest BCUT2D eigenvalue weighted by atomic mass is 16.5. The van der Waals surface area contributed by atoms with Gasteiger partial charge in [-0.15, -0.1) is 0 Å². The minimum atomic E-state index is -0.757. The molecule has 1 aromatic carbocycles. The van der Waals surface area contributed by atoms with E-state index in [4.69, 9.17) is 14.2 Å². The Labute approximate surface area is 117 Å². The first-order valence-corrected chi connectivity index (χ1v) is 6.62. The van der Waals surface area contributed by atoms with Gasteiger partial charge >= 0.3 is 5.97 Å². The fraction of sp³-hybridized carbons (Fsp3) is 0.467. The molecule has 0 atom stereocenters. The van der Waals surface area contributed by atoms with Gasteiger partial charge in [0.15, 0.2) is 0 Å². The fourth-order valence-electron chi connectivity index (χ4n) is 2.07. The highest BCUT2D eigenvalue weighted by Gasteiger charge is 2.28. The first-order valence-electron chi connectivity index (χ1n) is 6.62. The molecular formula is C15H18O5. The van der Waals surface area contributed by atoms with Crippen LogP contribution in [0, 0.1) is 5.92 Å². The first kappa shape index (κ1) is 14.5. The third-order valence-electron chi connectivity index (χ3n) is 3.32. The number of esters is 1. The van der Waals surface area contributed by atoms with E-state index in [2.05, 4.69) is 0 Å². The number of benzene rings is 1. The number of rotatable bonds is 5. The van der Waals surface area contributed by atoms with Crippen LogP contribution in [0.1, 0.15) is 18.4 Å². The molecule has 108 valence electrons. The van der Waals surface area contributed by atoms with Crippen LogP contribution < -0.4 is 4.74 Å². The number of hydrogen-bond donors (Lipinski definition) is 0. The molecule has 1 aliphatic rings. The molecule has 2 rings (SSSR count). The second-order valence-electron chi connectivity index (χ2n) is 4.68. The Kier molecular flexibility index (Phi) is 5.12. The van der Waals surface area contributed by atoms with Crippen molar-refractivity contribution in [1.82, 2.24) is 0 Å². The average Bonchev–Trinajstić information content (AvgIpc) is 2.53. The van der Waals surface area contributed by atoms with Gasteiger partial charge in [0.05, 0.1) is 7.11 Å². The maximum atomic E-state index is 11.9. The molecule has 1 aliphatic heterocycles. The lowest BCUT2D eigenvalue weighted by Crippen LogP contribution is -2.30. The minimum absolute atomic E-state index is 0.0950. The van der Waals surface area contributed by atoms with Gasteiger partial charge in [-0.1, -0.05) is 12.1 Å². The van der Waals surface area contributed by atoms with E-state index >= 15 is 0 Å². The summed E-state index contributed by atoms with van der Waals surface area (Å²) in [5.41, 5.74) is 0.818. The lowest BCUT2D eigenvalue weighted by atomic mass is 9.95. The zero-order valence-corrected chi connectivity index (χ0v) is 11.5. The average molecular weight is 278 g/mol. The van der Waals surface area contributed by atoms with Gasteiger partial charge in [-0.2, -0.15) is 0 Å². The number of ketones is 1. The highest BCUT2D eigenvalue weighted by Crippen LogP contribution is 2.17. The SMILES string of the molecule is COc1ccc(COC(=O)C(=O)C2CCOCC2)cc1. The summed E-state index contributed by atoms with van der Waals surface area (Å²) in [6, 6.07) is 7.16. The van der Waals surface area contributed by atoms with Crippen molar-refractivity contribution < 1.29 is 23.8 Å². The van der Waals surface area contributed by atoms with Crippen LogP contribution in [0.25, 0.3) is 0 Å². The second-order valence-corrected chi connectivity index (χ2v) is 4.68. The predicted molar refractivity (Wildman–Crippen MR) is 71.3 cm³/mol. The molecule has 0 amide bonds. The van der Waals surface area contributed by atoms with Crippen LogP contribution in [0.5, 0.6) is 5.75 Å². The number of hydrogen-bond acceptors (Lipinski definition) is 5. The molecule has 5 heteroatoms. The van der Waals surface area contributed by atoms with Crippen LogP contribution in [0.2, 0.25) is 0 Å². The Bertz CT molecular complexity index is 460. The van der Waals surface area contributed by atoms with Crippen LogP contribution in [0.3, 0.4) is 0 Å². The summed E-state index contributed by atoms with van der Waals surface area (Å²) in [6.45, 7) is 1.15. The van der Waals surface area contributed by atoms with Gasteiger partial charge in [0.25, 0.3) is 0 Å². The number of ether oxygens (including phenoxy) is 3. The van der Waals surface area contributed by atoms with E-state index in [9.17, 15) is 9.59 Å². The van der Waals surface area contributed by atoms with Crippen molar-refractivity contribution in [3.05, 3.63) is 29.8 Å². The Balaban J connectivity index is 1.82. The molecule has 0 bridgehead atoms. The Morgan fingerprint density at radius 1 is 1.20 bits per heavy atom. The predicted octanol–water partition coefficient (Wildman–Crippen LogP) is 1.73. The molecule has 1 fully saturated rings. The van der Waals surface area contributed by atoms with Crippen molar-refractivity contribution in [2.24, 2.45) is 5.92 Å². The van der Waals surface area contributed by atoms with Crippen LogP contribution in [-0.2, 0) is 25.7 Å². The zero-order valence-electron chi connectivity index (χ0n) is 11.5. The number of Topliss-reactive ketones (excluding diaryl/α,β-unsaturated/α-hetero) is 1. The Hall–Kier alpha value is -1.88. The molecule has 0 aromatic heterocycles. The van der Waals surface area contributed by atoms with Gasteiger partial charge in [-0.25, -0.2) is 4.79 Å². The van der Waals surface area contributed by atoms with E-state index < -0.39 is 11.8 Å². The molecule has 0 spiro atoms. The molecular weight excluding hydrogens is 260 g/mol. The summed E-state index contributed by atoms with van der Waals surface area (Å²) in [4.78, 5) is 23.6. The van der Waals surface area contributed by atoms with Crippen molar-refractivity contribution in [2.75, 3.05) is 20.3 Å². The first-order chi connectivity index (χ1) is 9.70. The van der Waals surface area contributed by atoms with Crippen molar-refractivity contribution in [3.8, 4) is 5.75 Å². The summed E-state index contributed by atoms with van der Waals surface area (Å²) in [6.07, 6.45) is 1.19. The topological polar surface area (TPSA) is 61.8 Å². The molecule has 0 radical (unpaired) electrons. The van der Waals surface area contributed by atoms with E-state index in [1.807, 2.05) is 0 Å². The molecule has 0 unspecified atom stereocenters. The minimum Gasteiger partial charge on any atom is -0.497 e. The maximum Gasteiger partial charge on any atom is 0.375 e. The van der Waals surface area contributed by atoms with E-state index in [0.717, 1.165) is 11.3 Å². The monoisotopic (exact) mass is 278 g/mol. The van der Waals surface area contributed by atoms with Crippen LogP contribution in [-0.4, -0.2) is 32.1 Å². The second kappa shape index (κ2) is 7.05. The third-order valence-corrected chi connectivity index (χ3v) is 3.32. The lowest BCUT2D eigenvalue weighted by molar-refractivity contribution is -0.157. The van der Waals surface area contributed by atoms with E-state index in [1.54, 1.807) is 31.4 Å². The van der Waals surface area contributed by atoms with Gasteiger partial charge < -0.3 is 14.2 Å². The Morgan fingerprint density at radius 2 is 1.85 bits per heavy atom. The highest BCUT2D eigenvalue weighted by molar-refractivity contribution is 6.34. The summed E-state index contributed by atoms with van der Waals surface area (Å²) in [7, 11) is 1.58. The largest absolute Gasteiger partial charge is 0.497 e. The Morgan fingerprint density at radius 3 is 2.45 bits per heavy atom. The standard InChI is InChI=1S/C15H18O5/c1-18-13-4-2-11(3-5-13)10-20-15(17)14(16)12-6-8-19-9-7-12/h2-5,12H,6-10H2,1H3. The number of carbonyl (C=O) groups excluding carboxylic acids is 2. The summed E-state index contributed by atoms with van der Waals surface area (Å²) in [5, 5.41) is 0. The van der Waals surface area contributed by atoms with Gasteiger partial charge in [-0.3, -0.25) is 4.79 Å². The van der Waals surface area contributed by atoms with Crippen molar-refractivity contribution in [1.29, 1.82) is 0 Å². The molecule has 0 N–H and O–H groups in total. The molecule has 1 heterocycles. The normalized spacial score (nSPS) is 15.7. The third kappa shape index (κ3) is 3.81. The smallest absolute Gasteiger partial charge is 0.375 e. The van der Waals surface area contributed by atoms with Crippen LogP contribution in [0.15, 0.2) is 24.3 Å². The van der Waals surface area contributed by atoms with Gasteiger partial charge in [0.1, 0.15) is 12.4 Å². The summed E-state index contributed by atoms with van der Waals surface area (Å²) in [5.74, 6) is -0.722. The molecule has 0 aliphatic carbocycles. The van der Waals surface area contributed by atoms with Crippen molar-refractivity contribution in [2.45, 2.75) is 19.4 Å². The molecule has 1 saturated heterocycles. The van der Waals surface area contributed by atoms with Gasteiger partial charge in [0.2, 0.25) is 5.78 Å². The maximum absolute atomic E-state index is 11.9. The fourth-order valence-corrected chi connectivity index (χ4v) is 2.07. The van der Waals surface area contributed by atoms with E-state index in [1.165, 1.54) is 0 Å². The summed E-state index contributed by atoms with van der Waals surface area (Å²) < 4.78 is 15.2.